The van der Waals surface area contributed by atoms with E-state index in [1.54, 1.807) is 6.33 Å². The van der Waals surface area contributed by atoms with Gasteiger partial charge >= 0.3 is 0 Å². The maximum absolute atomic E-state index is 4.03. The Labute approximate surface area is 78.8 Å². The van der Waals surface area contributed by atoms with Crippen LogP contribution in [-0.2, 0) is 0 Å². The highest BCUT2D eigenvalue weighted by atomic mass is 15.2. The molecule has 2 rings (SSSR count). The van der Waals surface area contributed by atoms with Crippen LogP contribution in [0.25, 0.3) is 0 Å². The molecule has 0 radical (unpaired) electrons. The first-order valence-corrected chi connectivity index (χ1v) is 4.76. The number of aromatic nitrogens is 2. The van der Waals surface area contributed by atoms with Gasteiger partial charge < -0.3 is 0 Å². The Kier molecular flexibility index (Phi) is 2.27. The molecule has 0 bridgehead atoms. The minimum atomic E-state index is 0.656. The Balaban J connectivity index is 1.94. The van der Waals surface area contributed by atoms with E-state index in [-0.39, 0.29) is 0 Å². The molecule has 1 aliphatic rings. The third-order valence-corrected chi connectivity index (χ3v) is 2.69. The fourth-order valence-electron chi connectivity index (χ4n) is 1.67. The summed E-state index contributed by atoms with van der Waals surface area (Å²) in [5.74, 6) is 0.656. The molecule has 1 aromatic heterocycles. The van der Waals surface area contributed by atoms with E-state index in [0.717, 1.165) is 13.1 Å². The first-order chi connectivity index (χ1) is 6.27. The maximum Gasteiger partial charge on any atom is 0.115 e. The minimum Gasteiger partial charge on any atom is -0.300 e. The van der Waals surface area contributed by atoms with E-state index in [1.165, 1.54) is 5.56 Å². The topological polar surface area (TPSA) is 29.0 Å². The van der Waals surface area contributed by atoms with Crippen molar-refractivity contribution in [1.29, 1.82) is 0 Å². The van der Waals surface area contributed by atoms with Gasteiger partial charge in [-0.1, -0.05) is 0 Å². The number of rotatable bonds is 2. The lowest BCUT2D eigenvalue weighted by atomic mass is 9.92. The van der Waals surface area contributed by atoms with Gasteiger partial charge in [0.1, 0.15) is 6.33 Å². The van der Waals surface area contributed by atoms with E-state index in [2.05, 4.69) is 28.7 Å². The normalized spacial score (nSPS) is 19.0. The zero-order valence-corrected chi connectivity index (χ0v) is 8.14. The summed E-state index contributed by atoms with van der Waals surface area (Å²) in [5.41, 5.74) is 1.28. The number of hydrogen-bond donors (Lipinski definition) is 0. The zero-order chi connectivity index (χ0) is 9.26. The molecule has 1 aliphatic heterocycles. The molecule has 1 saturated heterocycles. The third kappa shape index (κ3) is 1.70. The Morgan fingerprint density at radius 2 is 1.92 bits per heavy atom. The summed E-state index contributed by atoms with van der Waals surface area (Å²) in [6, 6.07) is 0.667. The Bertz CT molecular complexity index is 265. The molecule has 0 unspecified atom stereocenters. The molecule has 0 saturated carbocycles. The third-order valence-electron chi connectivity index (χ3n) is 2.69. The largest absolute Gasteiger partial charge is 0.300 e. The predicted octanol–water partition coefficient (Wildman–Crippen LogP) is 1.28. The average Bonchev–Trinajstić information content (AvgIpc) is 2.02. The molecule has 0 N–H and O–H groups in total. The highest BCUT2D eigenvalue weighted by Crippen LogP contribution is 2.27. The average molecular weight is 177 g/mol. The van der Waals surface area contributed by atoms with E-state index in [1.807, 2.05) is 12.4 Å². The predicted molar refractivity (Wildman–Crippen MR) is 51.5 cm³/mol. The van der Waals surface area contributed by atoms with Crippen molar-refractivity contribution < 1.29 is 0 Å². The second-order valence-electron chi connectivity index (χ2n) is 3.92. The van der Waals surface area contributed by atoms with Gasteiger partial charge in [-0.2, -0.15) is 0 Å². The standard InChI is InChI=1S/C10H15N3/c1-8(2)13-5-10(6-13)9-3-11-7-12-4-9/h3-4,7-8,10H,5-6H2,1-2H3. The van der Waals surface area contributed by atoms with Crippen LogP contribution in [0.15, 0.2) is 18.7 Å². The molecule has 0 amide bonds. The summed E-state index contributed by atoms with van der Waals surface area (Å²) in [4.78, 5) is 10.5. The molecule has 70 valence electrons. The molecular formula is C10H15N3. The Hall–Kier alpha value is -0.960. The quantitative estimate of drug-likeness (QED) is 0.681. The highest BCUT2D eigenvalue weighted by Gasteiger charge is 2.29. The van der Waals surface area contributed by atoms with Crippen LogP contribution in [0.5, 0.6) is 0 Å². The van der Waals surface area contributed by atoms with Gasteiger partial charge in [-0.05, 0) is 19.4 Å². The monoisotopic (exact) mass is 177 g/mol. The summed E-state index contributed by atoms with van der Waals surface area (Å²) in [6.45, 7) is 6.78. The zero-order valence-electron chi connectivity index (χ0n) is 8.14. The van der Waals surface area contributed by atoms with Crippen molar-refractivity contribution in [3.05, 3.63) is 24.3 Å². The maximum atomic E-state index is 4.03. The molecule has 0 atom stereocenters. The SMILES string of the molecule is CC(C)N1CC(c2cncnc2)C1. The van der Waals surface area contributed by atoms with Gasteiger partial charge in [0.2, 0.25) is 0 Å². The van der Waals surface area contributed by atoms with Gasteiger partial charge in [-0.3, -0.25) is 4.90 Å². The molecule has 3 heteroatoms. The molecule has 3 nitrogen and oxygen atoms in total. The van der Waals surface area contributed by atoms with Crippen molar-refractivity contribution in [2.75, 3.05) is 13.1 Å². The van der Waals surface area contributed by atoms with Gasteiger partial charge in [-0.25, -0.2) is 9.97 Å². The second-order valence-corrected chi connectivity index (χ2v) is 3.92. The molecule has 1 aromatic rings. The van der Waals surface area contributed by atoms with Gasteiger partial charge in [-0.15, -0.1) is 0 Å². The van der Waals surface area contributed by atoms with E-state index in [0.29, 0.717) is 12.0 Å². The number of hydrogen-bond acceptors (Lipinski definition) is 3. The fourth-order valence-corrected chi connectivity index (χ4v) is 1.67. The molecule has 0 aliphatic carbocycles. The lowest BCUT2D eigenvalue weighted by molar-refractivity contribution is 0.109. The first kappa shape index (κ1) is 8.63. The van der Waals surface area contributed by atoms with E-state index < -0.39 is 0 Å². The first-order valence-electron chi connectivity index (χ1n) is 4.76. The van der Waals surface area contributed by atoms with Crippen molar-refractivity contribution >= 4 is 0 Å². The van der Waals surface area contributed by atoms with Crippen LogP contribution in [0.3, 0.4) is 0 Å². The van der Waals surface area contributed by atoms with E-state index in [4.69, 9.17) is 0 Å². The smallest absolute Gasteiger partial charge is 0.115 e. The van der Waals surface area contributed by atoms with Crippen LogP contribution >= 0.6 is 0 Å². The van der Waals surface area contributed by atoms with Crippen LogP contribution < -0.4 is 0 Å². The van der Waals surface area contributed by atoms with Crippen LogP contribution in [0, 0.1) is 0 Å². The molecule has 13 heavy (non-hydrogen) atoms. The van der Waals surface area contributed by atoms with E-state index >= 15 is 0 Å². The van der Waals surface area contributed by atoms with Crippen LogP contribution in [0.2, 0.25) is 0 Å². The van der Waals surface area contributed by atoms with Crippen molar-refractivity contribution in [3.8, 4) is 0 Å². The lowest BCUT2D eigenvalue weighted by Crippen LogP contribution is -2.48. The van der Waals surface area contributed by atoms with Crippen molar-refractivity contribution in [2.45, 2.75) is 25.8 Å². The van der Waals surface area contributed by atoms with Crippen molar-refractivity contribution in [1.82, 2.24) is 14.9 Å². The molecule has 0 spiro atoms. The van der Waals surface area contributed by atoms with Gasteiger partial charge in [0.15, 0.2) is 0 Å². The summed E-state index contributed by atoms with van der Waals surface area (Å²) in [6.07, 6.45) is 5.44. The molecule has 2 heterocycles. The molecule has 0 aromatic carbocycles. The van der Waals surface area contributed by atoms with Gasteiger partial charge in [0, 0.05) is 37.4 Å². The summed E-state index contributed by atoms with van der Waals surface area (Å²) in [5, 5.41) is 0. The van der Waals surface area contributed by atoms with Gasteiger partial charge in [0.05, 0.1) is 0 Å². The van der Waals surface area contributed by atoms with Crippen LogP contribution in [-0.4, -0.2) is 34.0 Å². The molecule has 1 fully saturated rings. The van der Waals surface area contributed by atoms with Gasteiger partial charge in [0.25, 0.3) is 0 Å². The number of likely N-dealkylation sites (tertiary alicyclic amines) is 1. The minimum absolute atomic E-state index is 0.656. The lowest BCUT2D eigenvalue weighted by Gasteiger charge is -2.42. The summed E-state index contributed by atoms with van der Waals surface area (Å²) in [7, 11) is 0. The van der Waals surface area contributed by atoms with E-state index in [9.17, 15) is 0 Å². The van der Waals surface area contributed by atoms with Crippen molar-refractivity contribution in [3.63, 3.8) is 0 Å². The highest BCUT2D eigenvalue weighted by molar-refractivity contribution is 5.15. The van der Waals surface area contributed by atoms with Crippen LogP contribution in [0.4, 0.5) is 0 Å². The summed E-state index contributed by atoms with van der Waals surface area (Å²) < 4.78 is 0. The number of nitrogens with zero attached hydrogens (tertiary/aromatic N) is 3. The van der Waals surface area contributed by atoms with Crippen LogP contribution in [0.1, 0.15) is 25.3 Å². The fraction of sp³-hybridized carbons (Fsp3) is 0.600. The Morgan fingerprint density at radius 1 is 1.31 bits per heavy atom. The van der Waals surface area contributed by atoms with Crippen molar-refractivity contribution in [2.24, 2.45) is 0 Å². The summed E-state index contributed by atoms with van der Waals surface area (Å²) >= 11 is 0. The second kappa shape index (κ2) is 3.42. The molecular weight excluding hydrogens is 162 g/mol. The Morgan fingerprint density at radius 3 is 2.46 bits per heavy atom.